The van der Waals surface area contributed by atoms with E-state index in [1.807, 2.05) is 24.3 Å². The van der Waals surface area contributed by atoms with E-state index in [0.29, 0.717) is 12.6 Å². The Morgan fingerprint density at radius 2 is 2.18 bits per heavy atom. The van der Waals surface area contributed by atoms with E-state index in [4.69, 9.17) is 9.47 Å². The molecule has 0 aromatic heterocycles. The van der Waals surface area contributed by atoms with Crippen LogP contribution in [0.5, 0.6) is 5.75 Å². The fourth-order valence-electron chi connectivity index (χ4n) is 1.70. The average Bonchev–Trinajstić information content (AvgIpc) is 2.30. The molecule has 0 saturated carbocycles. The highest BCUT2D eigenvalue weighted by atomic mass is 16.5. The lowest BCUT2D eigenvalue weighted by Crippen LogP contribution is -2.27. The lowest BCUT2D eigenvalue weighted by atomic mass is 10.2. The summed E-state index contributed by atoms with van der Waals surface area (Å²) in [6.45, 7) is 6.67. The number of benzene rings is 1. The van der Waals surface area contributed by atoms with Gasteiger partial charge in [-0.1, -0.05) is 19.1 Å². The molecule has 3 heteroatoms. The molecule has 1 aromatic rings. The van der Waals surface area contributed by atoms with Gasteiger partial charge in [-0.15, -0.1) is 0 Å². The van der Waals surface area contributed by atoms with E-state index in [2.05, 4.69) is 19.2 Å². The molecule has 1 aromatic carbocycles. The van der Waals surface area contributed by atoms with Gasteiger partial charge in [0.1, 0.15) is 5.75 Å². The molecule has 1 unspecified atom stereocenters. The first kappa shape index (κ1) is 14.0. The standard InChI is InChI=1S/C14H23NO2/c1-4-15-12(2)8-9-17-14-7-5-6-13(10-14)11-16-3/h5-7,10,12,15H,4,8-9,11H2,1-3H3. The van der Waals surface area contributed by atoms with Crippen LogP contribution >= 0.6 is 0 Å². The van der Waals surface area contributed by atoms with Crippen LogP contribution in [0.2, 0.25) is 0 Å². The zero-order valence-corrected chi connectivity index (χ0v) is 11.0. The summed E-state index contributed by atoms with van der Waals surface area (Å²) >= 11 is 0. The summed E-state index contributed by atoms with van der Waals surface area (Å²) in [7, 11) is 1.70. The van der Waals surface area contributed by atoms with Crippen LogP contribution in [0.15, 0.2) is 24.3 Å². The third-order valence-electron chi connectivity index (χ3n) is 2.58. The lowest BCUT2D eigenvalue weighted by molar-refractivity contribution is 0.184. The van der Waals surface area contributed by atoms with Gasteiger partial charge in [0.05, 0.1) is 13.2 Å². The van der Waals surface area contributed by atoms with Crippen molar-refractivity contribution in [3.63, 3.8) is 0 Å². The summed E-state index contributed by atoms with van der Waals surface area (Å²) in [5.74, 6) is 0.920. The summed E-state index contributed by atoms with van der Waals surface area (Å²) in [6, 6.07) is 8.55. The summed E-state index contributed by atoms with van der Waals surface area (Å²) < 4.78 is 10.8. The first-order valence-corrected chi connectivity index (χ1v) is 6.20. The predicted molar refractivity (Wildman–Crippen MR) is 70.4 cm³/mol. The van der Waals surface area contributed by atoms with Crippen molar-refractivity contribution in [3.05, 3.63) is 29.8 Å². The molecule has 96 valence electrons. The Morgan fingerprint density at radius 1 is 1.35 bits per heavy atom. The van der Waals surface area contributed by atoms with Gasteiger partial charge in [0.2, 0.25) is 0 Å². The molecule has 0 fully saturated rings. The lowest BCUT2D eigenvalue weighted by Gasteiger charge is -2.13. The molecule has 0 aliphatic heterocycles. The van der Waals surface area contributed by atoms with Gasteiger partial charge in [-0.3, -0.25) is 0 Å². The average molecular weight is 237 g/mol. The van der Waals surface area contributed by atoms with E-state index in [0.717, 1.165) is 30.9 Å². The Morgan fingerprint density at radius 3 is 2.88 bits per heavy atom. The number of ether oxygens (including phenoxy) is 2. The van der Waals surface area contributed by atoms with Gasteiger partial charge in [0.25, 0.3) is 0 Å². The monoisotopic (exact) mass is 237 g/mol. The molecule has 0 saturated heterocycles. The molecule has 1 atom stereocenters. The highest BCUT2D eigenvalue weighted by molar-refractivity contribution is 5.28. The number of hydrogen-bond acceptors (Lipinski definition) is 3. The Hall–Kier alpha value is -1.06. The number of methoxy groups -OCH3 is 1. The minimum absolute atomic E-state index is 0.502. The zero-order chi connectivity index (χ0) is 12.5. The van der Waals surface area contributed by atoms with Gasteiger partial charge >= 0.3 is 0 Å². The Balaban J connectivity index is 2.33. The quantitative estimate of drug-likeness (QED) is 0.754. The van der Waals surface area contributed by atoms with Crippen molar-refractivity contribution >= 4 is 0 Å². The molecule has 1 N–H and O–H groups in total. The molecule has 0 bridgehead atoms. The maximum absolute atomic E-state index is 5.71. The number of nitrogens with one attached hydrogen (secondary N) is 1. The molecule has 0 aliphatic carbocycles. The van der Waals surface area contributed by atoms with Crippen LogP contribution in [-0.2, 0) is 11.3 Å². The molecular formula is C14H23NO2. The van der Waals surface area contributed by atoms with Crippen molar-refractivity contribution in [2.24, 2.45) is 0 Å². The Labute approximate surface area is 104 Å². The van der Waals surface area contributed by atoms with Crippen LogP contribution < -0.4 is 10.1 Å². The van der Waals surface area contributed by atoms with Crippen molar-refractivity contribution in [1.29, 1.82) is 0 Å². The van der Waals surface area contributed by atoms with E-state index in [-0.39, 0.29) is 0 Å². The highest BCUT2D eigenvalue weighted by Gasteiger charge is 2.01. The summed E-state index contributed by atoms with van der Waals surface area (Å²) in [6.07, 6.45) is 1.02. The minimum Gasteiger partial charge on any atom is -0.494 e. The van der Waals surface area contributed by atoms with Gasteiger partial charge in [0.15, 0.2) is 0 Å². The normalized spacial score (nSPS) is 12.4. The van der Waals surface area contributed by atoms with Gasteiger partial charge < -0.3 is 14.8 Å². The third-order valence-corrected chi connectivity index (χ3v) is 2.58. The Bertz CT molecular complexity index is 315. The molecule has 0 spiro atoms. The van der Waals surface area contributed by atoms with Crippen LogP contribution in [0.4, 0.5) is 0 Å². The fourth-order valence-corrected chi connectivity index (χ4v) is 1.70. The second kappa shape index (κ2) is 8.09. The minimum atomic E-state index is 0.502. The fraction of sp³-hybridized carbons (Fsp3) is 0.571. The largest absolute Gasteiger partial charge is 0.494 e. The molecule has 0 heterocycles. The van der Waals surface area contributed by atoms with E-state index < -0.39 is 0 Å². The molecule has 17 heavy (non-hydrogen) atoms. The maximum atomic E-state index is 5.71. The molecular weight excluding hydrogens is 214 g/mol. The van der Waals surface area contributed by atoms with E-state index in [1.54, 1.807) is 7.11 Å². The van der Waals surface area contributed by atoms with E-state index in [1.165, 1.54) is 0 Å². The van der Waals surface area contributed by atoms with Crippen molar-refractivity contribution in [2.45, 2.75) is 32.9 Å². The second-order valence-electron chi connectivity index (χ2n) is 4.18. The molecule has 0 radical (unpaired) electrons. The maximum Gasteiger partial charge on any atom is 0.119 e. The van der Waals surface area contributed by atoms with Gasteiger partial charge in [-0.2, -0.15) is 0 Å². The number of hydrogen-bond donors (Lipinski definition) is 1. The van der Waals surface area contributed by atoms with Crippen molar-refractivity contribution in [3.8, 4) is 5.75 Å². The van der Waals surface area contributed by atoms with Crippen LogP contribution in [0.25, 0.3) is 0 Å². The summed E-state index contributed by atoms with van der Waals surface area (Å²) in [5.41, 5.74) is 1.14. The third kappa shape index (κ3) is 5.71. The van der Waals surface area contributed by atoms with Crippen molar-refractivity contribution in [2.75, 3.05) is 20.3 Å². The highest BCUT2D eigenvalue weighted by Crippen LogP contribution is 2.14. The summed E-state index contributed by atoms with van der Waals surface area (Å²) in [5, 5.41) is 3.36. The first-order valence-electron chi connectivity index (χ1n) is 6.20. The summed E-state index contributed by atoms with van der Waals surface area (Å²) in [4.78, 5) is 0. The SMILES string of the molecule is CCNC(C)CCOc1cccc(COC)c1. The number of rotatable bonds is 8. The Kier molecular flexibility index (Phi) is 6.67. The molecule has 0 aliphatic rings. The van der Waals surface area contributed by atoms with Crippen LogP contribution in [0, 0.1) is 0 Å². The molecule has 1 rings (SSSR count). The van der Waals surface area contributed by atoms with Crippen molar-refractivity contribution in [1.82, 2.24) is 5.32 Å². The zero-order valence-electron chi connectivity index (χ0n) is 11.0. The first-order chi connectivity index (χ1) is 8.26. The predicted octanol–water partition coefficient (Wildman–Crippen LogP) is 2.60. The van der Waals surface area contributed by atoms with Gasteiger partial charge in [-0.05, 0) is 37.6 Å². The van der Waals surface area contributed by atoms with Crippen molar-refractivity contribution < 1.29 is 9.47 Å². The molecule has 3 nitrogen and oxygen atoms in total. The topological polar surface area (TPSA) is 30.5 Å². The van der Waals surface area contributed by atoms with Crippen LogP contribution in [0.1, 0.15) is 25.8 Å². The van der Waals surface area contributed by atoms with Gasteiger partial charge in [-0.25, -0.2) is 0 Å². The van der Waals surface area contributed by atoms with E-state index in [9.17, 15) is 0 Å². The van der Waals surface area contributed by atoms with Crippen LogP contribution in [-0.4, -0.2) is 26.3 Å². The second-order valence-corrected chi connectivity index (χ2v) is 4.18. The molecule has 0 amide bonds. The van der Waals surface area contributed by atoms with Gasteiger partial charge in [0, 0.05) is 13.2 Å². The van der Waals surface area contributed by atoms with Crippen LogP contribution in [0.3, 0.4) is 0 Å². The smallest absolute Gasteiger partial charge is 0.119 e. The van der Waals surface area contributed by atoms with E-state index >= 15 is 0 Å².